The van der Waals surface area contributed by atoms with Gasteiger partial charge in [0.15, 0.2) is 0 Å². The summed E-state index contributed by atoms with van der Waals surface area (Å²) in [7, 11) is 0. The van der Waals surface area contributed by atoms with Gasteiger partial charge in [0, 0.05) is 12.5 Å². The van der Waals surface area contributed by atoms with Crippen molar-refractivity contribution in [2.45, 2.75) is 58.3 Å². The van der Waals surface area contributed by atoms with Crippen molar-refractivity contribution in [1.82, 2.24) is 4.90 Å². The van der Waals surface area contributed by atoms with Crippen LogP contribution < -0.4 is 0 Å². The van der Waals surface area contributed by atoms with Gasteiger partial charge in [0.2, 0.25) is 0 Å². The molecule has 0 N–H and O–H groups in total. The van der Waals surface area contributed by atoms with Gasteiger partial charge in [-0.25, -0.2) is 0 Å². The molecule has 1 saturated heterocycles. The SMILES string of the molecule is CCCCCCCCN1CCCC(C=O)C1. The predicted octanol–water partition coefficient (Wildman–Crippen LogP) is 3.26. The second-order valence-electron chi connectivity index (χ2n) is 5.11. The first-order valence-electron chi connectivity index (χ1n) is 7.04. The smallest absolute Gasteiger partial charge is 0.124 e. The van der Waals surface area contributed by atoms with Crippen LogP contribution >= 0.6 is 0 Å². The van der Waals surface area contributed by atoms with E-state index in [1.165, 1.54) is 58.0 Å². The van der Waals surface area contributed by atoms with Gasteiger partial charge in [-0.15, -0.1) is 0 Å². The van der Waals surface area contributed by atoms with Crippen molar-refractivity contribution in [2.24, 2.45) is 5.92 Å². The molecule has 1 fully saturated rings. The van der Waals surface area contributed by atoms with E-state index in [2.05, 4.69) is 11.8 Å². The van der Waals surface area contributed by atoms with E-state index in [4.69, 9.17) is 0 Å². The third-order valence-corrected chi connectivity index (χ3v) is 3.56. The van der Waals surface area contributed by atoms with Crippen LogP contribution in [0.2, 0.25) is 0 Å². The molecule has 1 rings (SSSR count). The van der Waals surface area contributed by atoms with E-state index in [0.29, 0.717) is 5.92 Å². The highest BCUT2D eigenvalue weighted by Gasteiger charge is 2.18. The molecule has 1 heterocycles. The Morgan fingerprint density at radius 3 is 2.69 bits per heavy atom. The number of rotatable bonds is 8. The summed E-state index contributed by atoms with van der Waals surface area (Å²) in [6, 6.07) is 0. The first kappa shape index (κ1) is 13.7. The fourth-order valence-electron chi connectivity index (χ4n) is 2.52. The van der Waals surface area contributed by atoms with Crippen LogP contribution in [0.5, 0.6) is 0 Å². The number of piperidine rings is 1. The third kappa shape index (κ3) is 5.64. The second kappa shape index (κ2) is 8.74. The Morgan fingerprint density at radius 1 is 1.19 bits per heavy atom. The number of carbonyl (C=O) groups excluding carboxylic acids is 1. The number of likely N-dealkylation sites (tertiary alicyclic amines) is 1. The molecule has 0 radical (unpaired) electrons. The quantitative estimate of drug-likeness (QED) is 0.467. The number of carbonyl (C=O) groups is 1. The van der Waals surface area contributed by atoms with E-state index < -0.39 is 0 Å². The molecule has 1 aliphatic rings. The first-order valence-corrected chi connectivity index (χ1v) is 7.04. The zero-order valence-corrected chi connectivity index (χ0v) is 10.8. The minimum absolute atomic E-state index is 0.314. The van der Waals surface area contributed by atoms with Crippen LogP contribution in [0, 0.1) is 5.92 Å². The van der Waals surface area contributed by atoms with Crippen molar-refractivity contribution in [3.8, 4) is 0 Å². The molecule has 0 spiro atoms. The Hall–Kier alpha value is -0.370. The number of hydrogen-bond acceptors (Lipinski definition) is 2. The summed E-state index contributed by atoms with van der Waals surface area (Å²) in [5.74, 6) is 0.314. The number of nitrogens with zero attached hydrogens (tertiary/aromatic N) is 1. The van der Waals surface area contributed by atoms with Gasteiger partial charge < -0.3 is 9.69 Å². The largest absolute Gasteiger partial charge is 0.303 e. The molecule has 0 aromatic carbocycles. The number of aldehydes is 1. The summed E-state index contributed by atoms with van der Waals surface area (Å²) in [6.45, 7) is 5.68. The van der Waals surface area contributed by atoms with E-state index >= 15 is 0 Å². The van der Waals surface area contributed by atoms with Crippen LogP contribution in [0.25, 0.3) is 0 Å². The van der Waals surface area contributed by atoms with Gasteiger partial charge in [-0.3, -0.25) is 0 Å². The lowest BCUT2D eigenvalue weighted by Gasteiger charge is -2.29. The van der Waals surface area contributed by atoms with Crippen LogP contribution in [0.15, 0.2) is 0 Å². The molecule has 0 aromatic heterocycles. The zero-order chi connectivity index (χ0) is 11.6. The maximum absolute atomic E-state index is 10.7. The van der Waals surface area contributed by atoms with E-state index in [9.17, 15) is 4.79 Å². The summed E-state index contributed by atoms with van der Waals surface area (Å²) in [6.07, 6.45) is 11.6. The lowest BCUT2D eigenvalue weighted by Crippen LogP contribution is -2.36. The Morgan fingerprint density at radius 2 is 1.94 bits per heavy atom. The van der Waals surface area contributed by atoms with Crippen molar-refractivity contribution in [2.75, 3.05) is 19.6 Å². The van der Waals surface area contributed by atoms with Gasteiger partial charge in [0.05, 0.1) is 0 Å². The Labute approximate surface area is 100 Å². The minimum atomic E-state index is 0.314. The normalized spacial score (nSPS) is 22.2. The summed E-state index contributed by atoms with van der Waals surface area (Å²) in [5, 5.41) is 0. The molecule has 0 aliphatic carbocycles. The molecule has 1 aliphatic heterocycles. The molecule has 2 heteroatoms. The topological polar surface area (TPSA) is 20.3 Å². The van der Waals surface area contributed by atoms with Crippen LogP contribution in [0.4, 0.5) is 0 Å². The fraction of sp³-hybridized carbons (Fsp3) is 0.929. The lowest BCUT2D eigenvalue weighted by atomic mass is 9.99. The Kier molecular flexibility index (Phi) is 7.48. The number of hydrogen-bond donors (Lipinski definition) is 0. The standard InChI is InChI=1S/C14H27NO/c1-2-3-4-5-6-7-10-15-11-8-9-14(12-15)13-16/h13-14H,2-12H2,1H3. The zero-order valence-electron chi connectivity index (χ0n) is 10.8. The molecule has 1 atom stereocenters. The van der Waals surface area contributed by atoms with Crippen molar-refractivity contribution in [3.05, 3.63) is 0 Å². The minimum Gasteiger partial charge on any atom is -0.303 e. The molecule has 1 unspecified atom stereocenters. The van der Waals surface area contributed by atoms with Gasteiger partial charge >= 0.3 is 0 Å². The van der Waals surface area contributed by atoms with Gasteiger partial charge in [0.25, 0.3) is 0 Å². The predicted molar refractivity (Wildman–Crippen MR) is 68.6 cm³/mol. The van der Waals surface area contributed by atoms with Gasteiger partial charge in [-0.1, -0.05) is 39.0 Å². The summed E-state index contributed by atoms with van der Waals surface area (Å²) in [5.41, 5.74) is 0. The summed E-state index contributed by atoms with van der Waals surface area (Å²) < 4.78 is 0. The summed E-state index contributed by atoms with van der Waals surface area (Å²) >= 11 is 0. The molecule has 2 nitrogen and oxygen atoms in total. The van der Waals surface area contributed by atoms with Crippen LogP contribution in [-0.4, -0.2) is 30.8 Å². The maximum Gasteiger partial charge on any atom is 0.124 e. The average molecular weight is 225 g/mol. The Bertz CT molecular complexity index is 182. The third-order valence-electron chi connectivity index (χ3n) is 3.56. The van der Waals surface area contributed by atoms with Crippen LogP contribution in [0.1, 0.15) is 58.3 Å². The van der Waals surface area contributed by atoms with Gasteiger partial charge in [-0.2, -0.15) is 0 Å². The van der Waals surface area contributed by atoms with E-state index in [1.807, 2.05) is 0 Å². The highest BCUT2D eigenvalue weighted by molar-refractivity contribution is 5.53. The highest BCUT2D eigenvalue weighted by Crippen LogP contribution is 2.15. The first-order chi connectivity index (χ1) is 7.86. The monoisotopic (exact) mass is 225 g/mol. The highest BCUT2D eigenvalue weighted by atomic mass is 16.1. The Balaban J connectivity index is 1.97. The van der Waals surface area contributed by atoms with Crippen LogP contribution in [-0.2, 0) is 4.79 Å². The van der Waals surface area contributed by atoms with Crippen molar-refractivity contribution in [1.29, 1.82) is 0 Å². The molecule has 0 amide bonds. The fourth-order valence-corrected chi connectivity index (χ4v) is 2.52. The summed E-state index contributed by atoms with van der Waals surface area (Å²) in [4.78, 5) is 13.2. The molecule has 0 saturated carbocycles. The second-order valence-corrected chi connectivity index (χ2v) is 5.11. The van der Waals surface area contributed by atoms with E-state index in [-0.39, 0.29) is 0 Å². The van der Waals surface area contributed by atoms with Crippen LogP contribution in [0.3, 0.4) is 0 Å². The van der Waals surface area contributed by atoms with E-state index in [0.717, 1.165) is 19.3 Å². The molecule has 94 valence electrons. The lowest BCUT2D eigenvalue weighted by molar-refractivity contribution is -0.112. The molecule has 16 heavy (non-hydrogen) atoms. The number of unbranched alkanes of at least 4 members (excludes halogenated alkanes) is 5. The molecular formula is C14H27NO. The van der Waals surface area contributed by atoms with Crippen molar-refractivity contribution in [3.63, 3.8) is 0 Å². The molecule has 0 aromatic rings. The van der Waals surface area contributed by atoms with Gasteiger partial charge in [-0.05, 0) is 32.4 Å². The molecular weight excluding hydrogens is 198 g/mol. The van der Waals surface area contributed by atoms with Crippen molar-refractivity contribution >= 4 is 6.29 Å². The maximum atomic E-state index is 10.7. The van der Waals surface area contributed by atoms with Gasteiger partial charge in [0.1, 0.15) is 6.29 Å². The molecule has 0 bridgehead atoms. The van der Waals surface area contributed by atoms with Crippen molar-refractivity contribution < 1.29 is 4.79 Å². The van der Waals surface area contributed by atoms with E-state index in [1.54, 1.807) is 0 Å². The average Bonchev–Trinajstić information content (AvgIpc) is 2.34.